The molecule has 0 aliphatic carbocycles. The fourth-order valence-corrected chi connectivity index (χ4v) is 4.00. The van der Waals surface area contributed by atoms with Crippen molar-refractivity contribution >= 4 is 32.8 Å². The summed E-state index contributed by atoms with van der Waals surface area (Å²) in [7, 11) is -0.864. The van der Waals surface area contributed by atoms with Gasteiger partial charge in [-0.2, -0.15) is 5.26 Å². The third-order valence-corrected chi connectivity index (χ3v) is 5.70. The predicted molar refractivity (Wildman–Crippen MR) is 94.0 cm³/mol. The largest absolute Gasteiger partial charge is 0.497 e. The van der Waals surface area contributed by atoms with Crippen LogP contribution >= 0.6 is 11.6 Å². The van der Waals surface area contributed by atoms with Gasteiger partial charge in [0.2, 0.25) is 9.84 Å². The van der Waals surface area contributed by atoms with Gasteiger partial charge < -0.3 is 14.4 Å². The number of anilines is 2. The van der Waals surface area contributed by atoms with Gasteiger partial charge in [-0.25, -0.2) is 8.42 Å². The highest BCUT2D eigenvalue weighted by Crippen LogP contribution is 2.44. The van der Waals surface area contributed by atoms with Gasteiger partial charge in [0.15, 0.2) is 4.91 Å². The average molecular weight is 377 g/mol. The maximum absolute atomic E-state index is 12.6. The van der Waals surface area contributed by atoms with Crippen molar-refractivity contribution in [3.8, 4) is 17.6 Å². The molecule has 0 aromatic heterocycles. The first-order valence-electron chi connectivity index (χ1n) is 7.10. The lowest BCUT2D eigenvalue weighted by Crippen LogP contribution is -2.21. The molecule has 3 rings (SSSR count). The monoisotopic (exact) mass is 376 g/mol. The van der Waals surface area contributed by atoms with Crippen LogP contribution in [0.4, 0.5) is 11.4 Å². The Morgan fingerprint density at radius 3 is 2.48 bits per heavy atom. The molecular formula is C17H13ClN2O4S. The molecule has 1 aliphatic heterocycles. The second-order valence-corrected chi connectivity index (χ2v) is 7.45. The summed E-state index contributed by atoms with van der Waals surface area (Å²) >= 11 is 6.06. The number of allylic oxidation sites excluding steroid dienone is 1. The third-order valence-electron chi connectivity index (χ3n) is 3.76. The minimum atomic E-state index is -3.89. The number of benzene rings is 2. The zero-order valence-electron chi connectivity index (χ0n) is 13.4. The van der Waals surface area contributed by atoms with E-state index >= 15 is 0 Å². The molecule has 2 aromatic rings. The van der Waals surface area contributed by atoms with Gasteiger partial charge in [0.25, 0.3) is 0 Å². The summed E-state index contributed by atoms with van der Waals surface area (Å²) in [5.41, 5.74) is 0.893. The second-order valence-electron chi connectivity index (χ2n) is 5.13. The number of nitriles is 1. The fraction of sp³-hybridized carbons (Fsp3) is 0.118. The Hall–Kier alpha value is -2.69. The van der Waals surface area contributed by atoms with Crippen molar-refractivity contribution < 1.29 is 17.9 Å². The Morgan fingerprint density at radius 2 is 1.84 bits per heavy atom. The van der Waals surface area contributed by atoms with E-state index in [9.17, 15) is 13.7 Å². The van der Waals surface area contributed by atoms with Crippen LogP contribution in [0, 0.1) is 11.3 Å². The number of ether oxygens (including phenoxy) is 2. The third kappa shape index (κ3) is 2.80. The molecule has 0 atom stereocenters. The quantitative estimate of drug-likeness (QED) is 0.813. The molecule has 0 fully saturated rings. The lowest BCUT2D eigenvalue weighted by molar-refractivity contribution is 0.395. The zero-order valence-corrected chi connectivity index (χ0v) is 14.9. The van der Waals surface area contributed by atoms with Gasteiger partial charge in [0.05, 0.1) is 30.5 Å². The first-order valence-corrected chi connectivity index (χ1v) is 8.96. The van der Waals surface area contributed by atoms with E-state index in [4.69, 9.17) is 21.1 Å². The summed E-state index contributed by atoms with van der Waals surface area (Å²) in [4.78, 5) is 1.22. The molecule has 8 heteroatoms. The maximum atomic E-state index is 12.6. The van der Waals surface area contributed by atoms with E-state index in [1.807, 2.05) is 0 Å². The Kier molecular flexibility index (Phi) is 4.33. The number of rotatable bonds is 3. The van der Waals surface area contributed by atoms with Gasteiger partial charge in [-0.3, -0.25) is 0 Å². The van der Waals surface area contributed by atoms with E-state index in [-0.39, 0.29) is 9.80 Å². The number of halogens is 1. The molecule has 0 saturated carbocycles. The van der Waals surface area contributed by atoms with E-state index in [2.05, 4.69) is 0 Å². The van der Waals surface area contributed by atoms with Crippen molar-refractivity contribution in [3.05, 3.63) is 52.5 Å². The van der Waals surface area contributed by atoms with Crippen molar-refractivity contribution in [2.75, 3.05) is 19.1 Å². The van der Waals surface area contributed by atoms with Crippen LogP contribution in [0.3, 0.4) is 0 Å². The molecular weight excluding hydrogens is 364 g/mol. The first kappa shape index (κ1) is 17.1. The molecule has 0 unspecified atom stereocenters. The minimum absolute atomic E-state index is 0.00817. The SMILES string of the molecule is COc1ccc(N2C=C(C#N)S(=O)(=O)c3ccc(Cl)cc32)c(OC)c1. The van der Waals surface area contributed by atoms with Crippen molar-refractivity contribution in [2.24, 2.45) is 0 Å². The van der Waals surface area contributed by atoms with Crippen LogP contribution in [0.5, 0.6) is 11.5 Å². The van der Waals surface area contributed by atoms with Crippen LogP contribution in [-0.4, -0.2) is 22.6 Å². The first-order chi connectivity index (χ1) is 11.9. The maximum Gasteiger partial charge on any atom is 0.220 e. The highest BCUT2D eigenvalue weighted by molar-refractivity contribution is 7.95. The Balaban J connectivity index is 2.30. The number of methoxy groups -OCH3 is 2. The highest BCUT2D eigenvalue weighted by Gasteiger charge is 2.33. The average Bonchev–Trinajstić information content (AvgIpc) is 2.61. The highest BCUT2D eigenvalue weighted by atomic mass is 35.5. The molecule has 2 aromatic carbocycles. The van der Waals surface area contributed by atoms with Gasteiger partial charge in [0.1, 0.15) is 17.6 Å². The Labute approximate surface area is 150 Å². The summed E-state index contributed by atoms with van der Waals surface area (Å²) in [6, 6.07) is 11.2. The molecule has 1 aliphatic rings. The molecule has 0 N–H and O–H groups in total. The fourth-order valence-electron chi connectivity index (χ4n) is 2.55. The van der Waals surface area contributed by atoms with Crippen LogP contribution in [-0.2, 0) is 9.84 Å². The Morgan fingerprint density at radius 1 is 1.08 bits per heavy atom. The van der Waals surface area contributed by atoms with E-state index < -0.39 is 9.84 Å². The number of hydrogen-bond acceptors (Lipinski definition) is 6. The van der Waals surface area contributed by atoms with Gasteiger partial charge >= 0.3 is 0 Å². The summed E-state index contributed by atoms with van der Waals surface area (Å²) in [5.74, 6) is 1.04. The minimum Gasteiger partial charge on any atom is -0.497 e. The van der Waals surface area contributed by atoms with E-state index in [1.54, 1.807) is 29.2 Å². The standard InChI is InChI=1S/C17H13ClN2O4S/c1-23-12-4-5-14(16(8-12)24-2)20-10-13(9-19)25(21,22)17-6-3-11(18)7-15(17)20/h3-8,10H,1-2H3. The molecule has 1 heterocycles. The van der Waals surface area contributed by atoms with Crippen LogP contribution in [0.1, 0.15) is 0 Å². The van der Waals surface area contributed by atoms with E-state index in [0.29, 0.717) is 27.9 Å². The normalized spacial score (nSPS) is 15.0. The van der Waals surface area contributed by atoms with Crippen LogP contribution < -0.4 is 14.4 Å². The molecule has 0 radical (unpaired) electrons. The molecule has 0 bridgehead atoms. The van der Waals surface area contributed by atoms with Gasteiger partial charge in [0, 0.05) is 17.3 Å². The zero-order chi connectivity index (χ0) is 18.2. The van der Waals surface area contributed by atoms with Gasteiger partial charge in [-0.15, -0.1) is 0 Å². The number of fused-ring (bicyclic) bond motifs is 1. The Bertz CT molecular complexity index is 1030. The summed E-state index contributed by atoms with van der Waals surface area (Å²) in [5, 5.41) is 9.65. The molecule has 0 saturated heterocycles. The van der Waals surface area contributed by atoms with Crippen LogP contribution in [0.2, 0.25) is 5.02 Å². The van der Waals surface area contributed by atoms with Crippen LogP contribution in [0.15, 0.2) is 52.4 Å². The second kappa shape index (κ2) is 6.31. The lowest BCUT2D eigenvalue weighted by Gasteiger charge is -2.29. The van der Waals surface area contributed by atoms with Crippen LogP contribution in [0.25, 0.3) is 0 Å². The summed E-state index contributed by atoms with van der Waals surface area (Å²) in [6.07, 6.45) is 1.26. The summed E-state index contributed by atoms with van der Waals surface area (Å²) in [6.45, 7) is 0. The van der Waals surface area contributed by atoms with Crippen molar-refractivity contribution in [1.29, 1.82) is 5.26 Å². The number of sulfone groups is 1. The van der Waals surface area contributed by atoms with Crippen molar-refractivity contribution in [2.45, 2.75) is 4.90 Å². The molecule has 128 valence electrons. The number of nitrogens with zero attached hydrogens (tertiary/aromatic N) is 2. The molecule has 0 spiro atoms. The van der Waals surface area contributed by atoms with Gasteiger partial charge in [-0.05, 0) is 30.3 Å². The van der Waals surface area contributed by atoms with E-state index in [1.165, 1.54) is 38.6 Å². The van der Waals surface area contributed by atoms with Crippen molar-refractivity contribution in [1.82, 2.24) is 0 Å². The molecule has 0 amide bonds. The van der Waals surface area contributed by atoms with Gasteiger partial charge in [-0.1, -0.05) is 11.6 Å². The number of hydrogen-bond donors (Lipinski definition) is 0. The summed E-state index contributed by atoms with van der Waals surface area (Å²) < 4.78 is 35.7. The molecule has 25 heavy (non-hydrogen) atoms. The topological polar surface area (TPSA) is 79.6 Å². The lowest BCUT2D eigenvalue weighted by atomic mass is 10.2. The smallest absolute Gasteiger partial charge is 0.220 e. The predicted octanol–water partition coefficient (Wildman–Crippen LogP) is 3.65. The van der Waals surface area contributed by atoms with E-state index in [0.717, 1.165) is 0 Å². The molecule has 6 nitrogen and oxygen atoms in total. The van der Waals surface area contributed by atoms with Crippen molar-refractivity contribution in [3.63, 3.8) is 0 Å².